The number of fused-ring (bicyclic) bond motifs is 1. The number of aryl methyl sites for hydroxylation is 2. The molecular weight excluding hydrogens is 296 g/mol. The van der Waals surface area contributed by atoms with Crippen LogP contribution in [0.5, 0.6) is 0 Å². The van der Waals surface area contributed by atoms with E-state index in [4.69, 9.17) is 0 Å². The second kappa shape index (κ2) is 6.76. The van der Waals surface area contributed by atoms with Crippen LogP contribution in [0, 0.1) is 0 Å². The average Bonchev–Trinajstić information content (AvgIpc) is 3.46. The first-order valence-electron chi connectivity index (χ1n) is 9.11. The Morgan fingerprint density at radius 3 is 2.79 bits per heavy atom. The van der Waals surface area contributed by atoms with Gasteiger partial charge < -0.3 is 4.90 Å². The quantitative estimate of drug-likeness (QED) is 0.831. The predicted octanol–water partition coefficient (Wildman–Crippen LogP) is 4.08. The maximum Gasteiger partial charge on any atom is 0.223 e. The normalized spacial score (nSPS) is 19.6. The lowest BCUT2D eigenvalue weighted by Crippen LogP contribution is -2.38. The highest BCUT2D eigenvalue weighted by Gasteiger charge is 2.38. The predicted molar refractivity (Wildman–Crippen MR) is 94.5 cm³/mol. The van der Waals surface area contributed by atoms with Gasteiger partial charge in [0, 0.05) is 24.9 Å². The third-order valence-electron chi connectivity index (χ3n) is 5.25. The van der Waals surface area contributed by atoms with Gasteiger partial charge in [0.25, 0.3) is 0 Å². The van der Waals surface area contributed by atoms with Crippen molar-refractivity contribution in [2.45, 2.75) is 57.0 Å². The lowest BCUT2D eigenvalue weighted by Gasteiger charge is -2.36. The number of hydrogen-bond acceptors (Lipinski definition) is 2. The minimum absolute atomic E-state index is 0.281. The molecule has 1 atom stereocenters. The molecule has 124 valence electrons. The van der Waals surface area contributed by atoms with Gasteiger partial charge in [-0.25, -0.2) is 0 Å². The molecule has 1 aromatic heterocycles. The molecule has 1 saturated carbocycles. The topological polar surface area (TPSA) is 33.2 Å². The molecule has 2 aromatic rings. The van der Waals surface area contributed by atoms with Gasteiger partial charge in [-0.1, -0.05) is 30.3 Å². The Kier molecular flexibility index (Phi) is 4.33. The van der Waals surface area contributed by atoms with Gasteiger partial charge in [-0.05, 0) is 61.3 Å². The van der Waals surface area contributed by atoms with Crippen LogP contribution in [-0.2, 0) is 17.6 Å². The van der Waals surface area contributed by atoms with E-state index in [2.05, 4.69) is 40.2 Å². The van der Waals surface area contributed by atoms with Crippen LogP contribution >= 0.6 is 0 Å². The number of nitrogens with zero attached hydrogens (tertiary/aromatic N) is 2. The summed E-state index contributed by atoms with van der Waals surface area (Å²) in [6.45, 7) is 0. The van der Waals surface area contributed by atoms with E-state index in [-0.39, 0.29) is 6.04 Å². The van der Waals surface area contributed by atoms with Crippen molar-refractivity contribution in [3.8, 4) is 0 Å². The van der Waals surface area contributed by atoms with Crippen molar-refractivity contribution < 1.29 is 4.79 Å². The van der Waals surface area contributed by atoms with Crippen molar-refractivity contribution in [3.05, 3.63) is 65.5 Å². The summed E-state index contributed by atoms with van der Waals surface area (Å²) in [5.41, 5.74) is 3.95. The lowest BCUT2D eigenvalue weighted by molar-refractivity contribution is -0.134. The van der Waals surface area contributed by atoms with Crippen LogP contribution < -0.4 is 0 Å². The number of rotatable bonds is 5. The van der Waals surface area contributed by atoms with E-state index in [0.717, 1.165) is 37.7 Å². The molecule has 0 aliphatic heterocycles. The summed E-state index contributed by atoms with van der Waals surface area (Å²) in [7, 11) is 0. The zero-order valence-corrected chi connectivity index (χ0v) is 14.0. The fourth-order valence-corrected chi connectivity index (χ4v) is 3.93. The monoisotopic (exact) mass is 320 g/mol. The molecular formula is C21H24N2O. The third-order valence-corrected chi connectivity index (χ3v) is 5.25. The molecule has 24 heavy (non-hydrogen) atoms. The van der Waals surface area contributed by atoms with E-state index in [1.807, 2.05) is 12.3 Å². The van der Waals surface area contributed by atoms with Gasteiger partial charge in [-0.15, -0.1) is 0 Å². The summed E-state index contributed by atoms with van der Waals surface area (Å²) >= 11 is 0. The Bertz CT molecular complexity index is 709. The Labute approximate surface area is 143 Å². The number of hydrogen-bond donors (Lipinski definition) is 0. The number of aromatic nitrogens is 1. The van der Waals surface area contributed by atoms with Crippen LogP contribution in [0.4, 0.5) is 0 Å². The van der Waals surface area contributed by atoms with Crippen LogP contribution in [0.25, 0.3) is 0 Å². The molecule has 1 unspecified atom stereocenters. The minimum Gasteiger partial charge on any atom is -0.333 e. The maximum atomic E-state index is 13.0. The van der Waals surface area contributed by atoms with Crippen LogP contribution in [0.1, 0.15) is 54.8 Å². The molecule has 2 aliphatic carbocycles. The number of pyridine rings is 1. The van der Waals surface area contributed by atoms with Crippen molar-refractivity contribution >= 4 is 5.91 Å². The summed E-state index contributed by atoms with van der Waals surface area (Å²) in [6.07, 6.45) is 10.8. The van der Waals surface area contributed by atoms with E-state index < -0.39 is 0 Å². The molecule has 1 fully saturated rings. The highest BCUT2D eigenvalue weighted by atomic mass is 16.2. The minimum atomic E-state index is 0.281. The second-order valence-corrected chi connectivity index (χ2v) is 7.00. The van der Waals surface area contributed by atoms with Crippen molar-refractivity contribution in [1.29, 1.82) is 0 Å². The van der Waals surface area contributed by atoms with Gasteiger partial charge in [0.05, 0.1) is 6.04 Å². The Morgan fingerprint density at radius 1 is 1.12 bits per heavy atom. The maximum absolute atomic E-state index is 13.0. The molecule has 1 amide bonds. The summed E-state index contributed by atoms with van der Waals surface area (Å²) in [4.78, 5) is 19.4. The molecule has 1 heterocycles. The van der Waals surface area contributed by atoms with E-state index in [0.29, 0.717) is 18.4 Å². The van der Waals surface area contributed by atoms with Crippen LogP contribution in [-0.4, -0.2) is 21.8 Å². The molecule has 3 nitrogen and oxygen atoms in total. The average molecular weight is 320 g/mol. The highest BCUT2D eigenvalue weighted by Crippen LogP contribution is 2.41. The van der Waals surface area contributed by atoms with Gasteiger partial charge in [-0.2, -0.15) is 0 Å². The van der Waals surface area contributed by atoms with Crippen molar-refractivity contribution in [2.24, 2.45) is 0 Å². The van der Waals surface area contributed by atoms with Gasteiger partial charge in [0.2, 0.25) is 5.91 Å². The summed E-state index contributed by atoms with van der Waals surface area (Å²) < 4.78 is 0. The second-order valence-electron chi connectivity index (χ2n) is 7.00. The van der Waals surface area contributed by atoms with Crippen molar-refractivity contribution in [3.63, 3.8) is 0 Å². The first-order chi connectivity index (χ1) is 11.8. The fourth-order valence-electron chi connectivity index (χ4n) is 3.93. The van der Waals surface area contributed by atoms with Gasteiger partial charge in [-0.3, -0.25) is 9.78 Å². The van der Waals surface area contributed by atoms with Crippen LogP contribution in [0.3, 0.4) is 0 Å². The van der Waals surface area contributed by atoms with Gasteiger partial charge in [0.1, 0.15) is 0 Å². The Hall–Kier alpha value is -2.16. The molecule has 0 bridgehead atoms. The zero-order valence-electron chi connectivity index (χ0n) is 14.0. The van der Waals surface area contributed by atoms with Crippen molar-refractivity contribution in [1.82, 2.24) is 9.88 Å². The highest BCUT2D eigenvalue weighted by molar-refractivity contribution is 5.78. The first-order valence-corrected chi connectivity index (χ1v) is 9.11. The fraction of sp³-hybridized carbons (Fsp3) is 0.429. The molecule has 1 aromatic carbocycles. The van der Waals surface area contributed by atoms with E-state index >= 15 is 0 Å². The van der Waals surface area contributed by atoms with Crippen molar-refractivity contribution in [2.75, 3.05) is 0 Å². The molecule has 0 N–H and O–H groups in total. The number of amides is 1. The smallest absolute Gasteiger partial charge is 0.223 e. The molecule has 2 aliphatic rings. The summed E-state index contributed by atoms with van der Waals surface area (Å²) in [5, 5.41) is 0. The summed E-state index contributed by atoms with van der Waals surface area (Å²) in [6, 6.07) is 13.4. The van der Waals surface area contributed by atoms with Crippen LogP contribution in [0.15, 0.2) is 48.8 Å². The van der Waals surface area contributed by atoms with E-state index in [9.17, 15) is 4.79 Å². The number of benzene rings is 1. The third kappa shape index (κ3) is 3.21. The number of carbonyl (C=O) groups excluding carboxylic acids is 1. The summed E-state index contributed by atoms with van der Waals surface area (Å²) in [5.74, 6) is 0.308. The lowest BCUT2D eigenvalue weighted by atomic mass is 9.86. The molecule has 0 saturated heterocycles. The Morgan fingerprint density at radius 2 is 2.00 bits per heavy atom. The zero-order chi connectivity index (χ0) is 16.4. The largest absolute Gasteiger partial charge is 0.333 e. The Balaban J connectivity index is 1.52. The molecule has 0 radical (unpaired) electrons. The standard InChI is InChI=1S/C21H24N2O/c24-21(13-10-16-5-4-14-22-15-16)23(18-11-12-18)20-9-3-7-17-6-1-2-8-19(17)20/h1-2,4-6,8,14-15,18,20H,3,7,9-13H2. The molecule has 4 rings (SSSR count). The number of carbonyl (C=O) groups is 1. The van der Waals surface area contributed by atoms with E-state index in [1.54, 1.807) is 6.20 Å². The molecule has 3 heteroatoms. The van der Waals surface area contributed by atoms with Gasteiger partial charge >= 0.3 is 0 Å². The SMILES string of the molecule is O=C(CCc1cccnc1)N(C1CC1)C1CCCc2ccccc21. The van der Waals surface area contributed by atoms with E-state index in [1.165, 1.54) is 17.5 Å². The first kappa shape index (κ1) is 15.4. The van der Waals surface area contributed by atoms with Crippen LogP contribution in [0.2, 0.25) is 0 Å². The molecule has 0 spiro atoms. The van der Waals surface area contributed by atoms with Gasteiger partial charge in [0.15, 0.2) is 0 Å².